The molecule has 0 fully saturated rings. The van der Waals surface area contributed by atoms with Gasteiger partial charge in [0.05, 0.1) is 11.4 Å². The maximum Gasteiger partial charge on any atom is 0.266 e. The Morgan fingerprint density at radius 1 is 0.902 bits per heavy atom. The minimum atomic E-state index is -0.894. The van der Waals surface area contributed by atoms with Crippen LogP contribution in [0.4, 0.5) is 0 Å². The Labute approximate surface area is 237 Å². The number of nitrogens with two attached hydrogens (primary N) is 1. The van der Waals surface area contributed by atoms with Crippen LogP contribution in [0.1, 0.15) is 35.4 Å². The topological polar surface area (TPSA) is 165 Å². The first-order valence-electron chi connectivity index (χ1n) is 13.1. The standard InChI is InChI=1S/C30H31N7O4/c31-30(36-37(40)41)33-18-8-14-26(28(38)34-20-21-15-16-25-24(19-21)13-7-17-32-25)35-29(39)27(22-9-3-1-4-10-22)23-11-5-2-6-12-23/h1-7,9-13,15-17,19,26-27H,8,14,18,20H2,(H,34,38)(H,35,39)(H3,31,33,36)/t26-/m1/s1. The van der Waals surface area contributed by atoms with E-state index in [0.29, 0.717) is 6.42 Å². The van der Waals surface area contributed by atoms with Gasteiger partial charge in [0.1, 0.15) is 11.1 Å². The van der Waals surface area contributed by atoms with Gasteiger partial charge in [0.15, 0.2) is 5.03 Å². The molecular weight excluding hydrogens is 522 g/mol. The number of nitro groups is 1. The van der Waals surface area contributed by atoms with Crippen molar-refractivity contribution in [2.75, 3.05) is 6.54 Å². The summed E-state index contributed by atoms with van der Waals surface area (Å²) in [7, 11) is 0. The van der Waals surface area contributed by atoms with Crippen LogP contribution in [0.3, 0.4) is 0 Å². The van der Waals surface area contributed by atoms with E-state index in [-0.39, 0.29) is 37.3 Å². The van der Waals surface area contributed by atoms with Crippen molar-refractivity contribution in [1.82, 2.24) is 20.9 Å². The molecule has 1 aromatic heterocycles. The van der Waals surface area contributed by atoms with Gasteiger partial charge >= 0.3 is 0 Å². The van der Waals surface area contributed by atoms with Crippen LogP contribution in [-0.2, 0) is 16.1 Å². The summed E-state index contributed by atoms with van der Waals surface area (Å²) in [6.07, 6.45) is 2.37. The fourth-order valence-electron chi connectivity index (χ4n) is 4.50. The molecule has 2 amide bonds. The highest BCUT2D eigenvalue weighted by Crippen LogP contribution is 2.25. The van der Waals surface area contributed by atoms with Crippen LogP contribution in [0, 0.1) is 10.1 Å². The molecule has 0 radical (unpaired) electrons. The van der Waals surface area contributed by atoms with E-state index in [4.69, 9.17) is 5.73 Å². The summed E-state index contributed by atoms with van der Waals surface area (Å²) < 4.78 is 0. The number of rotatable bonds is 12. The van der Waals surface area contributed by atoms with Gasteiger partial charge in [0.25, 0.3) is 5.96 Å². The zero-order chi connectivity index (χ0) is 29.0. The van der Waals surface area contributed by atoms with Crippen LogP contribution in [0.2, 0.25) is 0 Å². The molecule has 4 aromatic rings. The molecule has 0 spiro atoms. The Morgan fingerprint density at radius 3 is 2.24 bits per heavy atom. The van der Waals surface area contributed by atoms with E-state index in [1.165, 1.54) is 0 Å². The Kier molecular flexibility index (Phi) is 9.92. The largest absolute Gasteiger partial charge is 0.365 e. The lowest BCUT2D eigenvalue weighted by Crippen LogP contribution is -2.48. The second-order valence-corrected chi connectivity index (χ2v) is 9.36. The van der Waals surface area contributed by atoms with Crippen LogP contribution in [0.5, 0.6) is 0 Å². The average Bonchev–Trinajstić information content (AvgIpc) is 2.98. The maximum absolute atomic E-state index is 13.7. The first-order chi connectivity index (χ1) is 19.9. The summed E-state index contributed by atoms with van der Waals surface area (Å²) in [5.74, 6) is -1.63. The normalized spacial score (nSPS) is 12.1. The number of aromatic nitrogens is 1. The van der Waals surface area contributed by atoms with Crippen LogP contribution in [0.25, 0.3) is 10.9 Å². The number of hydrogen-bond acceptors (Lipinski definition) is 5. The molecule has 0 aliphatic rings. The fourth-order valence-corrected chi connectivity index (χ4v) is 4.50. The third-order valence-corrected chi connectivity index (χ3v) is 6.46. The van der Waals surface area contributed by atoms with Crippen molar-refractivity contribution in [2.24, 2.45) is 10.8 Å². The van der Waals surface area contributed by atoms with Gasteiger partial charge in [-0.25, -0.2) is 10.1 Å². The van der Waals surface area contributed by atoms with E-state index in [1.54, 1.807) is 6.20 Å². The molecule has 0 aliphatic heterocycles. The van der Waals surface area contributed by atoms with Crippen LogP contribution in [0.15, 0.2) is 102 Å². The molecule has 41 heavy (non-hydrogen) atoms. The lowest BCUT2D eigenvalue weighted by Gasteiger charge is -2.23. The molecule has 0 aliphatic carbocycles. The third-order valence-electron chi connectivity index (χ3n) is 6.46. The number of pyridine rings is 1. The number of nitrogens with zero attached hydrogens (tertiary/aromatic N) is 3. The first kappa shape index (κ1) is 28.7. The number of guanidine groups is 1. The molecule has 1 atom stereocenters. The van der Waals surface area contributed by atoms with E-state index >= 15 is 0 Å². The van der Waals surface area contributed by atoms with Gasteiger partial charge in [-0.05, 0) is 47.7 Å². The summed E-state index contributed by atoms with van der Waals surface area (Å²) in [5, 5.41) is 22.1. The second-order valence-electron chi connectivity index (χ2n) is 9.36. The molecule has 0 saturated heterocycles. The summed E-state index contributed by atoms with van der Waals surface area (Å²) >= 11 is 0. The molecule has 210 valence electrons. The predicted octanol–water partition coefficient (Wildman–Crippen LogP) is 3.04. The van der Waals surface area contributed by atoms with Crippen molar-refractivity contribution >= 4 is 28.7 Å². The number of amides is 2. The molecule has 11 heteroatoms. The minimum absolute atomic E-state index is 0.224. The number of nitrogens with one attached hydrogen (secondary N) is 3. The number of carbonyl (C=O) groups is 2. The van der Waals surface area contributed by atoms with Gasteiger partial charge < -0.3 is 21.7 Å². The second kappa shape index (κ2) is 14.2. The summed E-state index contributed by atoms with van der Waals surface area (Å²) in [6.45, 7) is 0.485. The van der Waals surface area contributed by atoms with Gasteiger partial charge in [-0.3, -0.25) is 14.6 Å². The maximum atomic E-state index is 13.7. The van der Waals surface area contributed by atoms with E-state index in [2.05, 4.69) is 26.0 Å². The number of benzene rings is 3. The Morgan fingerprint density at radius 2 is 1.59 bits per heavy atom. The molecule has 4 rings (SSSR count). The lowest BCUT2D eigenvalue weighted by molar-refractivity contribution is -0.485. The molecule has 11 nitrogen and oxygen atoms in total. The van der Waals surface area contributed by atoms with Crippen LogP contribution < -0.4 is 21.7 Å². The number of fused-ring (bicyclic) bond motifs is 1. The predicted molar refractivity (Wildman–Crippen MR) is 156 cm³/mol. The monoisotopic (exact) mass is 553 g/mol. The summed E-state index contributed by atoms with van der Waals surface area (Å²) in [6, 6.07) is 27.4. The third kappa shape index (κ3) is 8.33. The average molecular weight is 554 g/mol. The van der Waals surface area contributed by atoms with Crippen LogP contribution >= 0.6 is 0 Å². The number of hydrogen-bond donors (Lipinski definition) is 4. The first-order valence-corrected chi connectivity index (χ1v) is 13.1. The van der Waals surface area contributed by atoms with Crippen LogP contribution in [-0.4, -0.2) is 40.4 Å². The zero-order valence-electron chi connectivity index (χ0n) is 22.3. The van der Waals surface area contributed by atoms with Gasteiger partial charge in [-0.2, -0.15) is 0 Å². The zero-order valence-corrected chi connectivity index (χ0v) is 22.3. The molecule has 1 heterocycles. The molecule has 0 unspecified atom stereocenters. The molecule has 0 saturated carbocycles. The van der Waals surface area contributed by atoms with Crippen molar-refractivity contribution in [1.29, 1.82) is 0 Å². The Hall–Kier alpha value is -5.32. The lowest BCUT2D eigenvalue weighted by atomic mass is 9.90. The molecule has 0 bridgehead atoms. The number of carbonyl (C=O) groups excluding carboxylic acids is 2. The quantitative estimate of drug-likeness (QED) is 0.0688. The van der Waals surface area contributed by atoms with E-state index in [1.807, 2.05) is 91.0 Å². The van der Waals surface area contributed by atoms with Gasteiger partial charge in [0.2, 0.25) is 11.8 Å². The molecular formula is C30H31N7O4. The van der Waals surface area contributed by atoms with Gasteiger partial charge in [-0.15, -0.1) is 0 Å². The van der Waals surface area contributed by atoms with E-state index in [9.17, 15) is 19.7 Å². The summed E-state index contributed by atoms with van der Waals surface area (Å²) in [4.78, 5) is 41.9. The number of hydrazone groups is 1. The van der Waals surface area contributed by atoms with E-state index < -0.39 is 17.0 Å². The fraction of sp³-hybridized carbons (Fsp3) is 0.200. The smallest absolute Gasteiger partial charge is 0.266 e. The van der Waals surface area contributed by atoms with Gasteiger partial charge in [-0.1, -0.05) is 72.8 Å². The Bertz CT molecular complexity index is 1470. The van der Waals surface area contributed by atoms with Crippen molar-refractivity contribution in [3.63, 3.8) is 0 Å². The Balaban J connectivity index is 1.49. The highest BCUT2D eigenvalue weighted by Gasteiger charge is 2.27. The highest BCUT2D eigenvalue weighted by molar-refractivity contribution is 5.92. The van der Waals surface area contributed by atoms with Gasteiger partial charge in [0, 0.05) is 24.7 Å². The highest BCUT2D eigenvalue weighted by atomic mass is 16.7. The van der Waals surface area contributed by atoms with Crippen molar-refractivity contribution in [3.8, 4) is 0 Å². The molecule has 3 aromatic carbocycles. The van der Waals surface area contributed by atoms with E-state index in [0.717, 1.165) is 27.6 Å². The van der Waals surface area contributed by atoms with Crippen molar-refractivity contribution < 1.29 is 14.6 Å². The minimum Gasteiger partial charge on any atom is -0.365 e. The summed E-state index contributed by atoms with van der Waals surface area (Å²) in [5.41, 5.74) is 8.83. The SMILES string of the molecule is NC(=N[N+](=O)[O-])NCCC[C@@H](NC(=O)C(c1ccccc1)c1ccccc1)C(=O)NCc1ccc2ncccc2c1. The van der Waals surface area contributed by atoms with Crippen molar-refractivity contribution in [2.45, 2.75) is 31.3 Å². The molecule has 5 N–H and O–H groups in total. The van der Waals surface area contributed by atoms with Crippen molar-refractivity contribution in [3.05, 3.63) is 124 Å².